The Morgan fingerprint density at radius 3 is 2.21 bits per heavy atom. The van der Waals surface area contributed by atoms with Crippen LogP contribution in [0.3, 0.4) is 0 Å². The number of hydrogen-bond donors (Lipinski definition) is 1. The minimum atomic E-state index is -3.35. The van der Waals surface area contributed by atoms with Crippen LogP contribution >= 0.6 is 0 Å². The standard InChI is InChI=1S/C13H22N2O3S/c1-4-15(5-2)19(16,17)14-11-10-12-6-8-13(18-3)9-7-12/h6-9,14H,4-5,10-11H2,1-3H3. The molecule has 0 atom stereocenters. The van der Waals surface area contributed by atoms with Gasteiger partial charge >= 0.3 is 0 Å². The van der Waals surface area contributed by atoms with Gasteiger partial charge in [0.25, 0.3) is 10.2 Å². The lowest BCUT2D eigenvalue weighted by molar-refractivity contribution is 0.414. The SMILES string of the molecule is CCN(CC)S(=O)(=O)NCCc1ccc(OC)cc1. The van der Waals surface area contributed by atoms with Crippen molar-refractivity contribution in [2.24, 2.45) is 0 Å². The molecule has 0 unspecified atom stereocenters. The van der Waals surface area contributed by atoms with Crippen LogP contribution in [0.2, 0.25) is 0 Å². The van der Waals surface area contributed by atoms with Crippen molar-refractivity contribution in [1.29, 1.82) is 0 Å². The summed E-state index contributed by atoms with van der Waals surface area (Å²) in [7, 11) is -1.73. The Bertz CT molecular complexity index is 467. The molecular formula is C13H22N2O3S. The molecule has 0 radical (unpaired) electrons. The first-order valence-electron chi connectivity index (χ1n) is 6.41. The zero-order chi connectivity index (χ0) is 14.3. The van der Waals surface area contributed by atoms with Crippen LogP contribution < -0.4 is 9.46 Å². The number of methoxy groups -OCH3 is 1. The minimum Gasteiger partial charge on any atom is -0.497 e. The van der Waals surface area contributed by atoms with Gasteiger partial charge in [-0.15, -0.1) is 0 Å². The van der Waals surface area contributed by atoms with Gasteiger partial charge in [0.05, 0.1) is 7.11 Å². The first-order valence-corrected chi connectivity index (χ1v) is 7.85. The van der Waals surface area contributed by atoms with E-state index in [4.69, 9.17) is 4.74 Å². The lowest BCUT2D eigenvalue weighted by Gasteiger charge is -2.18. The highest BCUT2D eigenvalue weighted by molar-refractivity contribution is 7.87. The summed E-state index contributed by atoms with van der Waals surface area (Å²) in [6, 6.07) is 7.61. The van der Waals surface area contributed by atoms with E-state index in [2.05, 4.69) is 4.72 Å². The summed E-state index contributed by atoms with van der Waals surface area (Å²) in [5, 5.41) is 0. The van der Waals surface area contributed by atoms with Crippen molar-refractivity contribution < 1.29 is 13.2 Å². The van der Waals surface area contributed by atoms with Crippen LogP contribution in [-0.4, -0.2) is 39.5 Å². The zero-order valence-corrected chi connectivity index (χ0v) is 12.5. The van der Waals surface area contributed by atoms with Crippen molar-refractivity contribution in [3.63, 3.8) is 0 Å². The van der Waals surface area contributed by atoms with Gasteiger partial charge in [0.2, 0.25) is 0 Å². The molecule has 0 saturated heterocycles. The summed E-state index contributed by atoms with van der Waals surface area (Å²) >= 11 is 0. The number of rotatable bonds is 8. The van der Waals surface area contributed by atoms with E-state index in [9.17, 15) is 8.42 Å². The fourth-order valence-corrected chi connectivity index (χ4v) is 2.99. The topological polar surface area (TPSA) is 58.6 Å². The van der Waals surface area contributed by atoms with Crippen LogP contribution in [0.15, 0.2) is 24.3 Å². The lowest BCUT2D eigenvalue weighted by atomic mass is 10.1. The highest BCUT2D eigenvalue weighted by atomic mass is 32.2. The molecule has 0 aliphatic carbocycles. The fourth-order valence-electron chi connectivity index (χ4n) is 1.77. The number of nitrogens with zero attached hydrogens (tertiary/aromatic N) is 1. The van der Waals surface area contributed by atoms with Crippen LogP contribution in [0, 0.1) is 0 Å². The van der Waals surface area contributed by atoms with Crippen LogP contribution in [0.1, 0.15) is 19.4 Å². The molecule has 108 valence electrons. The van der Waals surface area contributed by atoms with E-state index in [-0.39, 0.29) is 0 Å². The maximum atomic E-state index is 11.9. The normalized spacial score (nSPS) is 11.8. The van der Waals surface area contributed by atoms with Crippen molar-refractivity contribution >= 4 is 10.2 Å². The molecule has 19 heavy (non-hydrogen) atoms. The molecule has 0 heterocycles. The van der Waals surface area contributed by atoms with Gasteiger partial charge < -0.3 is 4.74 Å². The molecule has 1 rings (SSSR count). The molecule has 0 aliphatic rings. The van der Waals surface area contributed by atoms with Crippen molar-refractivity contribution in [1.82, 2.24) is 9.03 Å². The van der Waals surface area contributed by atoms with Crippen LogP contribution in [0.25, 0.3) is 0 Å². The number of hydrogen-bond acceptors (Lipinski definition) is 3. The van der Waals surface area contributed by atoms with Gasteiger partial charge in [-0.3, -0.25) is 0 Å². The van der Waals surface area contributed by atoms with E-state index in [0.717, 1.165) is 11.3 Å². The van der Waals surface area contributed by atoms with Gasteiger partial charge in [-0.25, -0.2) is 4.72 Å². The van der Waals surface area contributed by atoms with Crippen LogP contribution in [0.4, 0.5) is 0 Å². The van der Waals surface area contributed by atoms with E-state index < -0.39 is 10.2 Å². The Morgan fingerprint density at radius 2 is 1.74 bits per heavy atom. The average molecular weight is 286 g/mol. The molecule has 6 heteroatoms. The van der Waals surface area contributed by atoms with Gasteiger partial charge in [0.15, 0.2) is 0 Å². The predicted octanol–water partition coefficient (Wildman–Crippen LogP) is 1.41. The third kappa shape index (κ3) is 4.81. The van der Waals surface area contributed by atoms with Gasteiger partial charge in [0, 0.05) is 19.6 Å². The molecule has 0 saturated carbocycles. The summed E-state index contributed by atoms with van der Waals surface area (Å²) in [6.07, 6.45) is 0.657. The predicted molar refractivity (Wildman–Crippen MR) is 76.5 cm³/mol. The van der Waals surface area contributed by atoms with E-state index in [1.54, 1.807) is 7.11 Å². The quantitative estimate of drug-likeness (QED) is 0.786. The van der Waals surface area contributed by atoms with Crippen molar-refractivity contribution in [3.05, 3.63) is 29.8 Å². The second kappa shape index (κ2) is 7.47. The minimum absolute atomic E-state index is 0.394. The summed E-state index contributed by atoms with van der Waals surface area (Å²) in [6.45, 7) is 5.01. The molecule has 5 nitrogen and oxygen atoms in total. The maximum Gasteiger partial charge on any atom is 0.279 e. The Kier molecular flexibility index (Phi) is 6.27. The second-order valence-electron chi connectivity index (χ2n) is 4.08. The molecule has 0 spiro atoms. The molecule has 1 N–H and O–H groups in total. The third-order valence-electron chi connectivity index (χ3n) is 2.90. The fraction of sp³-hybridized carbons (Fsp3) is 0.538. The monoisotopic (exact) mass is 286 g/mol. The Balaban J connectivity index is 2.49. The smallest absolute Gasteiger partial charge is 0.279 e. The van der Waals surface area contributed by atoms with Gasteiger partial charge in [-0.1, -0.05) is 26.0 Å². The number of nitrogens with one attached hydrogen (secondary N) is 1. The lowest BCUT2D eigenvalue weighted by Crippen LogP contribution is -2.41. The molecule has 0 aromatic heterocycles. The summed E-state index contributed by atoms with van der Waals surface area (Å²) < 4.78 is 32.8. The van der Waals surface area contributed by atoms with Crippen molar-refractivity contribution in [2.45, 2.75) is 20.3 Å². The zero-order valence-electron chi connectivity index (χ0n) is 11.7. The Hall–Kier alpha value is -1.11. The highest BCUT2D eigenvalue weighted by Crippen LogP contribution is 2.11. The number of benzene rings is 1. The van der Waals surface area contributed by atoms with Crippen LogP contribution in [0.5, 0.6) is 5.75 Å². The molecule has 0 aliphatic heterocycles. The van der Waals surface area contributed by atoms with Gasteiger partial charge in [-0.05, 0) is 24.1 Å². The van der Waals surface area contributed by atoms with E-state index in [1.807, 2.05) is 38.1 Å². The molecular weight excluding hydrogens is 264 g/mol. The summed E-state index contributed by atoms with van der Waals surface area (Å²) in [5.41, 5.74) is 1.07. The van der Waals surface area contributed by atoms with Gasteiger partial charge in [0.1, 0.15) is 5.75 Å². The van der Waals surface area contributed by atoms with Crippen molar-refractivity contribution in [3.8, 4) is 5.75 Å². The highest BCUT2D eigenvalue weighted by Gasteiger charge is 2.17. The maximum absolute atomic E-state index is 11.9. The molecule has 1 aromatic carbocycles. The largest absolute Gasteiger partial charge is 0.497 e. The Morgan fingerprint density at radius 1 is 1.16 bits per heavy atom. The summed E-state index contributed by atoms with van der Waals surface area (Å²) in [5.74, 6) is 0.799. The van der Waals surface area contributed by atoms with Gasteiger partial charge in [-0.2, -0.15) is 12.7 Å². The molecule has 1 aromatic rings. The average Bonchev–Trinajstić information content (AvgIpc) is 2.40. The Labute approximate surface area is 115 Å². The number of ether oxygens (including phenoxy) is 1. The first-order chi connectivity index (χ1) is 9.03. The van der Waals surface area contributed by atoms with E-state index in [1.165, 1.54) is 4.31 Å². The molecule has 0 amide bonds. The van der Waals surface area contributed by atoms with E-state index in [0.29, 0.717) is 26.1 Å². The summed E-state index contributed by atoms with van der Waals surface area (Å²) in [4.78, 5) is 0. The first kappa shape index (κ1) is 15.9. The third-order valence-corrected chi connectivity index (χ3v) is 4.67. The van der Waals surface area contributed by atoms with E-state index >= 15 is 0 Å². The molecule has 0 fully saturated rings. The second-order valence-corrected chi connectivity index (χ2v) is 5.84. The van der Waals surface area contributed by atoms with Crippen LogP contribution in [-0.2, 0) is 16.6 Å². The van der Waals surface area contributed by atoms with Crippen molar-refractivity contribution in [2.75, 3.05) is 26.7 Å². The molecule has 0 bridgehead atoms.